The Morgan fingerprint density at radius 3 is 2.53 bits per heavy atom. The SMILES string of the molecule is C/C=C\C(=O)NC[C@@H](c1ccccc1)N(C)C. The number of nitrogens with zero attached hydrogens (tertiary/aromatic N) is 1. The molecular weight excluding hydrogens is 212 g/mol. The van der Waals surface area contributed by atoms with E-state index in [1.54, 1.807) is 6.08 Å². The fourth-order valence-electron chi connectivity index (χ4n) is 1.68. The zero-order valence-electron chi connectivity index (χ0n) is 10.7. The van der Waals surface area contributed by atoms with Crippen LogP contribution < -0.4 is 5.32 Å². The molecule has 0 bridgehead atoms. The Labute approximate surface area is 103 Å². The Morgan fingerprint density at radius 2 is 2.00 bits per heavy atom. The van der Waals surface area contributed by atoms with E-state index in [0.29, 0.717) is 6.54 Å². The Hall–Kier alpha value is -1.61. The van der Waals surface area contributed by atoms with E-state index < -0.39 is 0 Å². The minimum Gasteiger partial charge on any atom is -0.351 e. The summed E-state index contributed by atoms with van der Waals surface area (Å²) < 4.78 is 0. The number of hydrogen-bond acceptors (Lipinski definition) is 2. The number of amides is 1. The second kappa shape index (κ2) is 6.86. The Balaban J connectivity index is 2.65. The highest BCUT2D eigenvalue weighted by Gasteiger charge is 2.13. The number of carbonyl (C=O) groups is 1. The molecule has 0 saturated heterocycles. The van der Waals surface area contributed by atoms with Gasteiger partial charge in [-0.05, 0) is 32.7 Å². The van der Waals surface area contributed by atoms with Crippen molar-refractivity contribution in [2.75, 3.05) is 20.6 Å². The van der Waals surface area contributed by atoms with Gasteiger partial charge in [0.15, 0.2) is 0 Å². The fraction of sp³-hybridized carbons (Fsp3) is 0.357. The van der Waals surface area contributed by atoms with Gasteiger partial charge < -0.3 is 10.2 Å². The fourth-order valence-corrected chi connectivity index (χ4v) is 1.68. The maximum atomic E-state index is 11.4. The monoisotopic (exact) mass is 232 g/mol. The summed E-state index contributed by atoms with van der Waals surface area (Å²) in [5.41, 5.74) is 1.21. The molecule has 0 aliphatic carbocycles. The van der Waals surface area contributed by atoms with Crippen LogP contribution in [0.15, 0.2) is 42.5 Å². The zero-order valence-corrected chi connectivity index (χ0v) is 10.7. The molecule has 0 aliphatic heterocycles. The summed E-state index contributed by atoms with van der Waals surface area (Å²) in [5.74, 6) is -0.0460. The van der Waals surface area contributed by atoms with E-state index in [0.717, 1.165) is 0 Å². The summed E-state index contributed by atoms with van der Waals surface area (Å²) in [6.07, 6.45) is 3.28. The van der Waals surface area contributed by atoms with Crippen LogP contribution in [0.2, 0.25) is 0 Å². The lowest BCUT2D eigenvalue weighted by Crippen LogP contribution is -2.33. The highest BCUT2D eigenvalue weighted by molar-refractivity contribution is 5.87. The van der Waals surface area contributed by atoms with Crippen molar-refractivity contribution >= 4 is 5.91 Å². The van der Waals surface area contributed by atoms with Crippen molar-refractivity contribution in [2.45, 2.75) is 13.0 Å². The topological polar surface area (TPSA) is 32.3 Å². The number of carbonyl (C=O) groups excluding carboxylic acids is 1. The van der Waals surface area contributed by atoms with E-state index in [4.69, 9.17) is 0 Å². The molecule has 17 heavy (non-hydrogen) atoms. The van der Waals surface area contributed by atoms with Gasteiger partial charge in [0.1, 0.15) is 0 Å². The molecule has 0 saturated carbocycles. The number of likely N-dealkylation sites (N-methyl/N-ethyl adjacent to an activating group) is 1. The molecule has 1 aromatic rings. The quantitative estimate of drug-likeness (QED) is 0.787. The number of allylic oxidation sites excluding steroid dienone is 1. The maximum Gasteiger partial charge on any atom is 0.243 e. The van der Waals surface area contributed by atoms with Crippen LogP contribution in [0.1, 0.15) is 18.5 Å². The van der Waals surface area contributed by atoms with Crippen LogP contribution >= 0.6 is 0 Å². The Kier molecular flexibility index (Phi) is 5.43. The molecule has 92 valence electrons. The van der Waals surface area contributed by atoms with Gasteiger partial charge >= 0.3 is 0 Å². The molecule has 3 nitrogen and oxygen atoms in total. The largest absolute Gasteiger partial charge is 0.351 e. The van der Waals surface area contributed by atoms with Crippen LogP contribution in [0.25, 0.3) is 0 Å². The van der Waals surface area contributed by atoms with Crippen molar-refractivity contribution in [1.82, 2.24) is 10.2 Å². The van der Waals surface area contributed by atoms with E-state index in [1.165, 1.54) is 11.6 Å². The Bertz CT molecular complexity index is 371. The van der Waals surface area contributed by atoms with E-state index in [2.05, 4.69) is 22.3 Å². The molecule has 0 heterocycles. The molecule has 0 aliphatic rings. The molecule has 0 aromatic heterocycles. The standard InChI is InChI=1S/C14H20N2O/c1-4-8-14(17)15-11-13(16(2)3)12-9-6-5-7-10-12/h4-10,13H,11H2,1-3H3,(H,15,17)/b8-4-/t13-/m0/s1. The van der Waals surface area contributed by atoms with Gasteiger partial charge in [0.2, 0.25) is 5.91 Å². The first kappa shape index (κ1) is 13.5. The smallest absolute Gasteiger partial charge is 0.243 e. The number of hydrogen-bond donors (Lipinski definition) is 1. The first-order valence-corrected chi connectivity index (χ1v) is 5.77. The normalized spacial score (nSPS) is 12.9. The van der Waals surface area contributed by atoms with Crippen LogP contribution in [0.5, 0.6) is 0 Å². The van der Waals surface area contributed by atoms with Gasteiger partial charge in [-0.2, -0.15) is 0 Å². The van der Waals surface area contributed by atoms with Gasteiger partial charge in [0.25, 0.3) is 0 Å². The van der Waals surface area contributed by atoms with Crippen LogP contribution in [-0.4, -0.2) is 31.4 Å². The van der Waals surface area contributed by atoms with Crippen molar-refractivity contribution < 1.29 is 4.79 Å². The first-order valence-electron chi connectivity index (χ1n) is 5.77. The summed E-state index contributed by atoms with van der Waals surface area (Å²) in [5, 5.41) is 2.90. The van der Waals surface area contributed by atoms with E-state index in [9.17, 15) is 4.79 Å². The summed E-state index contributed by atoms with van der Waals surface area (Å²) in [7, 11) is 4.03. The van der Waals surface area contributed by atoms with Gasteiger partial charge in [-0.25, -0.2) is 0 Å². The first-order chi connectivity index (χ1) is 8.15. The predicted octanol–water partition coefficient (Wildman–Crippen LogP) is 1.98. The molecule has 0 fully saturated rings. The second-order valence-electron chi connectivity index (χ2n) is 4.14. The molecule has 3 heteroatoms. The van der Waals surface area contributed by atoms with E-state index >= 15 is 0 Å². The van der Waals surface area contributed by atoms with Gasteiger partial charge in [0.05, 0.1) is 6.04 Å². The third kappa shape index (κ3) is 4.41. The Morgan fingerprint density at radius 1 is 1.35 bits per heavy atom. The lowest BCUT2D eigenvalue weighted by atomic mass is 10.1. The average molecular weight is 232 g/mol. The van der Waals surface area contributed by atoms with Crippen molar-refractivity contribution in [3.63, 3.8) is 0 Å². The minimum absolute atomic E-state index is 0.0460. The van der Waals surface area contributed by atoms with Crippen LogP contribution in [0, 0.1) is 0 Å². The molecule has 1 aromatic carbocycles. The van der Waals surface area contributed by atoms with Gasteiger partial charge in [-0.1, -0.05) is 36.4 Å². The van der Waals surface area contributed by atoms with Crippen LogP contribution in [-0.2, 0) is 4.79 Å². The average Bonchev–Trinajstić information content (AvgIpc) is 2.30. The number of nitrogens with one attached hydrogen (secondary N) is 1. The second-order valence-corrected chi connectivity index (χ2v) is 4.14. The van der Waals surface area contributed by atoms with Gasteiger partial charge in [-0.15, -0.1) is 0 Å². The molecule has 0 spiro atoms. The summed E-state index contributed by atoms with van der Waals surface area (Å²) in [6, 6.07) is 10.4. The van der Waals surface area contributed by atoms with E-state index in [1.807, 2.05) is 39.2 Å². The van der Waals surface area contributed by atoms with Crippen molar-refractivity contribution in [1.29, 1.82) is 0 Å². The molecule has 1 amide bonds. The zero-order chi connectivity index (χ0) is 12.7. The van der Waals surface area contributed by atoms with E-state index in [-0.39, 0.29) is 11.9 Å². The maximum absolute atomic E-state index is 11.4. The van der Waals surface area contributed by atoms with Crippen molar-refractivity contribution in [3.05, 3.63) is 48.0 Å². The number of benzene rings is 1. The van der Waals surface area contributed by atoms with Crippen LogP contribution in [0.3, 0.4) is 0 Å². The van der Waals surface area contributed by atoms with Gasteiger partial charge in [-0.3, -0.25) is 4.79 Å². The van der Waals surface area contributed by atoms with Crippen molar-refractivity contribution in [3.8, 4) is 0 Å². The molecule has 1 atom stereocenters. The highest BCUT2D eigenvalue weighted by Crippen LogP contribution is 2.16. The van der Waals surface area contributed by atoms with Crippen molar-refractivity contribution in [2.24, 2.45) is 0 Å². The van der Waals surface area contributed by atoms with Crippen LogP contribution in [0.4, 0.5) is 0 Å². The predicted molar refractivity (Wildman–Crippen MR) is 70.7 cm³/mol. The van der Waals surface area contributed by atoms with Gasteiger partial charge in [0, 0.05) is 6.54 Å². The lowest BCUT2D eigenvalue weighted by Gasteiger charge is -2.24. The molecule has 0 radical (unpaired) electrons. The highest BCUT2D eigenvalue weighted by atomic mass is 16.1. The lowest BCUT2D eigenvalue weighted by molar-refractivity contribution is -0.116. The third-order valence-electron chi connectivity index (χ3n) is 2.60. The summed E-state index contributed by atoms with van der Waals surface area (Å²) >= 11 is 0. The summed E-state index contributed by atoms with van der Waals surface area (Å²) in [6.45, 7) is 2.44. The third-order valence-corrected chi connectivity index (χ3v) is 2.60. The molecule has 0 unspecified atom stereocenters. The molecule has 1 N–H and O–H groups in total. The minimum atomic E-state index is -0.0460. The summed E-state index contributed by atoms with van der Waals surface area (Å²) in [4.78, 5) is 13.5. The molecular formula is C14H20N2O. The molecule has 1 rings (SSSR count). The number of rotatable bonds is 5.